The summed E-state index contributed by atoms with van der Waals surface area (Å²) in [5.74, 6) is 1.42. The van der Waals surface area contributed by atoms with Crippen LogP contribution in [0, 0.1) is 5.92 Å². The number of pyridine rings is 1. The van der Waals surface area contributed by atoms with E-state index < -0.39 is 0 Å². The van der Waals surface area contributed by atoms with Crippen molar-refractivity contribution in [2.24, 2.45) is 5.92 Å². The first-order valence-electron chi connectivity index (χ1n) is 7.99. The van der Waals surface area contributed by atoms with Gasteiger partial charge in [-0.2, -0.15) is 0 Å². The molecule has 1 rings (SSSR count). The third kappa shape index (κ3) is 8.02. The van der Waals surface area contributed by atoms with Crippen molar-refractivity contribution in [3.8, 4) is 5.88 Å². The summed E-state index contributed by atoms with van der Waals surface area (Å²) in [7, 11) is 4.09. The fraction of sp³-hybridized carbons (Fsp3) is 0.706. The van der Waals surface area contributed by atoms with E-state index >= 15 is 0 Å². The third-order valence-corrected chi connectivity index (χ3v) is 3.09. The minimum atomic E-state index is 0.665. The lowest BCUT2D eigenvalue weighted by Gasteiger charge is -2.13. The number of rotatable bonds is 10. The molecule has 1 N–H and O–H groups in total. The Labute approximate surface area is 129 Å². The van der Waals surface area contributed by atoms with Gasteiger partial charge in [-0.1, -0.05) is 27.2 Å². The van der Waals surface area contributed by atoms with Gasteiger partial charge < -0.3 is 15.0 Å². The highest BCUT2D eigenvalue weighted by Gasteiger charge is 2.05. The number of ether oxygens (including phenoxy) is 1. The Balaban J connectivity index is 2.65. The molecule has 120 valence electrons. The molecule has 21 heavy (non-hydrogen) atoms. The first-order chi connectivity index (χ1) is 10.0. The van der Waals surface area contributed by atoms with Gasteiger partial charge in [-0.25, -0.2) is 4.98 Å². The number of likely N-dealkylation sites (N-methyl/N-ethyl adjacent to an activating group) is 1. The van der Waals surface area contributed by atoms with Crippen LogP contribution < -0.4 is 10.1 Å². The maximum atomic E-state index is 5.79. The van der Waals surface area contributed by atoms with Gasteiger partial charge in [0.05, 0.1) is 0 Å². The molecule has 0 saturated carbocycles. The predicted molar refractivity (Wildman–Crippen MR) is 88.8 cm³/mol. The van der Waals surface area contributed by atoms with Gasteiger partial charge in [0.15, 0.2) is 0 Å². The molecule has 0 spiro atoms. The molecule has 0 unspecified atom stereocenters. The second kappa shape index (κ2) is 9.74. The van der Waals surface area contributed by atoms with Crippen LogP contribution in [0.25, 0.3) is 0 Å². The van der Waals surface area contributed by atoms with Crippen molar-refractivity contribution in [3.63, 3.8) is 0 Å². The summed E-state index contributed by atoms with van der Waals surface area (Å²) in [6.45, 7) is 10.1. The predicted octanol–water partition coefficient (Wildman–Crippen LogP) is 2.72. The average Bonchev–Trinajstić information content (AvgIpc) is 2.38. The van der Waals surface area contributed by atoms with Crippen LogP contribution in [0.3, 0.4) is 0 Å². The number of nitrogens with zero attached hydrogens (tertiary/aromatic N) is 2. The number of aromatic nitrogens is 1. The van der Waals surface area contributed by atoms with Gasteiger partial charge in [-0.3, -0.25) is 0 Å². The summed E-state index contributed by atoms with van der Waals surface area (Å²) in [5.41, 5.74) is 2.38. The molecule has 1 heterocycles. The van der Waals surface area contributed by atoms with Crippen LogP contribution in [0.5, 0.6) is 5.88 Å². The Hall–Kier alpha value is -1.13. The van der Waals surface area contributed by atoms with Crippen molar-refractivity contribution in [2.75, 3.05) is 33.8 Å². The zero-order chi connectivity index (χ0) is 15.7. The normalized spacial score (nSPS) is 11.4. The second-order valence-electron chi connectivity index (χ2n) is 6.23. The van der Waals surface area contributed by atoms with Crippen molar-refractivity contribution < 1.29 is 4.74 Å². The van der Waals surface area contributed by atoms with Crippen LogP contribution >= 0.6 is 0 Å². The van der Waals surface area contributed by atoms with Crippen LogP contribution in [0.15, 0.2) is 12.1 Å². The molecular formula is C17H31N3O. The minimum Gasteiger partial charge on any atom is -0.476 e. The molecule has 0 amide bonds. The topological polar surface area (TPSA) is 37.4 Å². The fourth-order valence-electron chi connectivity index (χ4n) is 2.02. The van der Waals surface area contributed by atoms with Crippen LogP contribution in [0.4, 0.5) is 0 Å². The second-order valence-corrected chi connectivity index (χ2v) is 6.23. The lowest BCUT2D eigenvalue weighted by molar-refractivity contribution is 0.253. The smallest absolute Gasteiger partial charge is 0.213 e. The van der Waals surface area contributed by atoms with Gasteiger partial charge in [-0.15, -0.1) is 0 Å². The quantitative estimate of drug-likeness (QED) is 0.720. The SMILES string of the molecule is CCCc1cc(CNCC(C)C)cc(OCCN(C)C)n1. The highest BCUT2D eigenvalue weighted by atomic mass is 16.5. The number of hydrogen-bond donors (Lipinski definition) is 1. The van der Waals surface area contributed by atoms with Crippen molar-refractivity contribution in [2.45, 2.75) is 40.2 Å². The van der Waals surface area contributed by atoms with E-state index in [-0.39, 0.29) is 0 Å². The van der Waals surface area contributed by atoms with E-state index in [4.69, 9.17) is 4.74 Å². The standard InChI is InChI=1S/C17H31N3O/c1-6-7-16-10-15(13-18-12-14(2)3)11-17(19-16)21-9-8-20(4)5/h10-11,14,18H,6-9,12-13H2,1-5H3. The maximum absolute atomic E-state index is 5.79. The van der Waals surface area contributed by atoms with E-state index in [0.29, 0.717) is 12.5 Å². The monoisotopic (exact) mass is 293 g/mol. The molecule has 0 aliphatic carbocycles. The molecule has 0 radical (unpaired) electrons. The zero-order valence-corrected chi connectivity index (χ0v) is 14.3. The molecule has 0 aliphatic heterocycles. The highest BCUT2D eigenvalue weighted by Crippen LogP contribution is 2.14. The van der Waals surface area contributed by atoms with Crippen LogP contribution in [0.1, 0.15) is 38.4 Å². The number of aryl methyl sites for hydroxylation is 1. The fourth-order valence-corrected chi connectivity index (χ4v) is 2.02. The lowest BCUT2D eigenvalue weighted by Crippen LogP contribution is -2.20. The van der Waals surface area contributed by atoms with E-state index in [2.05, 4.69) is 48.1 Å². The zero-order valence-electron chi connectivity index (χ0n) is 14.3. The minimum absolute atomic E-state index is 0.665. The van der Waals surface area contributed by atoms with Crippen LogP contribution in [-0.4, -0.2) is 43.7 Å². The van der Waals surface area contributed by atoms with E-state index in [0.717, 1.165) is 44.0 Å². The Morgan fingerprint density at radius 1 is 1.29 bits per heavy atom. The average molecular weight is 293 g/mol. The third-order valence-electron chi connectivity index (χ3n) is 3.09. The summed E-state index contributed by atoms with van der Waals surface area (Å²) < 4.78 is 5.79. The van der Waals surface area contributed by atoms with E-state index in [9.17, 15) is 0 Å². The van der Waals surface area contributed by atoms with E-state index in [1.807, 2.05) is 14.1 Å². The lowest BCUT2D eigenvalue weighted by atomic mass is 10.1. The molecule has 4 nitrogen and oxygen atoms in total. The maximum Gasteiger partial charge on any atom is 0.213 e. The summed E-state index contributed by atoms with van der Waals surface area (Å²) in [6.07, 6.45) is 2.11. The van der Waals surface area contributed by atoms with Crippen molar-refractivity contribution in [3.05, 3.63) is 23.4 Å². The molecule has 0 saturated heterocycles. The van der Waals surface area contributed by atoms with Crippen LogP contribution in [-0.2, 0) is 13.0 Å². The van der Waals surface area contributed by atoms with Gasteiger partial charge in [-0.05, 0) is 44.6 Å². The first-order valence-corrected chi connectivity index (χ1v) is 7.99. The summed E-state index contributed by atoms with van der Waals surface area (Å²) in [5, 5.41) is 3.48. The molecule has 0 aromatic carbocycles. The molecule has 0 aliphatic rings. The molecule has 0 atom stereocenters. The van der Waals surface area contributed by atoms with Crippen molar-refractivity contribution >= 4 is 0 Å². The van der Waals surface area contributed by atoms with Crippen molar-refractivity contribution in [1.82, 2.24) is 15.2 Å². The Morgan fingerprint density at radius 3 is 2.67 bits per heavy atom. The Morgan fingerprint density at radius 2 is 2.05 bits per heavy atom. The molecular weight excluding hydrogens is 262 g/mol. The molecule has 1 aromatic heterocycles. The van der Waals surface area contributed by atoms with Crippen molar-refractivity contribution in [1.29, 1.82) is 0 Å². The van der Waals surface area contributed by atoms with Crippen LogP contribution in [0.2, 0.25) is 0 Å². The summed E-state index contributed by atoms with van der Waals surface area (Å²) in [6, 6.07) is 4.25. The molecule has 0 bridgehead atoms. The Bertz CT molecular complexity index is 373. The molecule has 0 fully saturated rings. The summed E-state index contributed by atoms with van der Waals surface area (Å²) in [4.78, 5) is 6.71. The Kier molecular flexibility index (Phi) is 8.31. The van der Waals surface area contributed by atoms with Gasteiger partial charge in [0.1, 0.15) is 6.61 Å². The highest BCUT2D eigenvalue weighted by molar-refractivity contribution is 5.25. The van der Waals surface area contributed by atoms with E-state index in [1.54, 1.807) is 0 Å². The molecule has 1 aromatic rings. The van der Waals surface area contributed by atoms with Gasteiger partial charge >= 0.3 is 0 Å². The molecule has 4 heteroatoms. The van der Waals surface area contributed by atoms with Gasteiger partial charge in [0.25, 0.3) is 0 Å². The summed E-state index contributed by atoms with van der Waals surface area (Å²) >= 11 is 0. The number of hydrogen-bond acceptors (Lipinski definition) is 4. The largest absolute Gasteiger partial charge is 0.476 e. The number of nitrogens with one attached hydrogen (secondary N) is 1. The van der Waals surface area contributed by atoms with Gasteiger partial charge in [0.2, 0.25) is 5.88 Å². The van der Waals surface area contributed by atoms with E-state index in [1.165, 1.54) is 5.56 Å². The van der Waals surface area contributed by atoms with Gasteiger partial charge in [0, 0.05) is 24.8 Å². The first kappa shape index (κ1) is 17.9.